The van der Waals surface area contributed by atoms with E-state index in [-0.39, 0.29) is 32.6 Å². The van der Waals surface area contributed by atoms with Crippen molar-refractivity contribution in [3.8, 4) is 11.3 Å². The molecule has 142 valence electrons. The molecule has 1 N–H and O–H groups in total. The van der Waals surface area contributed by atoms with Crippen molar-refractivity contribution in [2.24, 2.45) is 0 Å². The lowest BCUT2D eigenvalue weighted by atomic mass is 10.1. The van der Waals surface area contributed by atoms with Gasteiger partial charge in [0.05, 0.1) is 21.1 Å². The first-order valence-corrected chi connectivity index (χ1v) is 9.34. The largest absolute Gasteiger partial charge is 0.300 e. The van der Waals surface area contributed by atoms with E-state index < -0.39 is 17.5 Å². The predicted octanol–water partition coefficient (Wildman–Crippen LogP) is 6.34. The van der Waals surface area contributed by atoms with Gasteiger partial charge in [-0.25, -0.2) is 13.8 Å². The fraction of sp³-hybridized carbons (Fsp3) is 0.278. The van der Waals surface area contributed by atoms with Crippen LogP contribution in [0.15, 0.2) is 29.1 Å². The molecule has 9 heteroatoms. The van der Waals surface area contributed by atoms with E-state index in [1.54, 1.807) is 22.8 Å². The number of nitrogens with zero attached hydrogens (tertiary/aromatic N) is 2. The molecule has 0 bridgehead atoms. The first kappa shape index (κ1) is 19.9. The Morgan fingerprint density at radius 2 is 1.96 bits per heavy atom. The van der Waals surface area contributed by atoms with Crippen molar-refractivity contribution in [2.75, 3.05) is 0 Å². The summed E-state index contributed by atoms with van der Waals surface area (Å²) in [6.07, 6.45) is -2.18. The molecule has 0 fully saturated rings. The van der Waals surface area contributed by atoms with Crippen molar-refractivity contribution in [3.05, 3.63) is 55.0 Å². The molecule has 0 aliphatic carbocycles. The summed E-state index contributed by atoms with van der Waals surface area (Å²) >= 11 is 17.2. The number of pyridine rings is 1. The van der Waals surface area contributed by atoms with Gasteiger partial charge in [-0.15, -0.1) is 0 Å². The van der Waals surface area contributed by atoms with Crippen LogP contribution in [-0.4, -0.2) is 14.5 Å². The maximum atomic E-state index is 13.8. The van der Waals surface area contributed by atoms with Gasteiger partial charge >= 0.3 is 0 Å². The van der Waals surface area contributed by atoms with E-state index in [0.29, 0.717) is 17.0 Å². The average Bonchev–Trinajstić information content (AvgIpc) is 2.62. The molecule has 0 aliphatic rings. The lowest BCUT2D eigenvalue weighted by Crippen LogP contribution is -2.19. The van der Waals surface area contributed by atoms with Crippen LogP contribution in [-0.2, 0) is 0 Å². The number of hydrogen-bond acceptors (Lipinski definition) is 3. The SMILES string of the molecule is CCC(C)n1c(=S)[nH]c(=O)c2c(C(F)F)cc(-c3ccc(Cl)c(Cl)c3)nc21. The first-order chi connectivity index (χ1) is 12.7. The molecule has 1 atom stereocenters. The van der Waals surface area contributed by atoms with Crippen LogP contribution in [0.5, 0.6) is 0 Å². The normalized spacial score (nSPS) is 12.7. The van der Waals surface area contributed by atoms with Crippen LogP contribution in [0.3, 0.4) is 0 Å². The minimum Gasteiger partial charge on any atom is -0.300 e. The van der Waals surface area contributed by atoms with E-state index in [0.717, 1.165) is 0 Å². The summed E-state index contributed by atoms with van der Waals surface area (Å²) in [4.78, 5) is 19.4. The average molecular weight is 430 g/mol. The Hall–Kier alpha value is -1.83. The number of nitrogens with one attached hydrogen (secondary N) is 1. The number of aromatic amines is 1. The summed E-state index contributed by atoms with van der Waals surface area (Å²) in [5.41, 5.74) is -0.201. The molecule has 0 radical (unpaired) electrons. The fourth-order valence-corrected chi connectivity index (χ4v) is 3.50. The van der Waals surface area contributed by atoms with E-state index >= 15 is 0 Å². The smallest absolute Gasteiger partial charge is 0.264 e. The number of aromatic nitrogens is 3. The zero-order valence-electron chi connectivity index (χ0n) is 14.4. The third-order valence-corrected chi connectivity index (χ3v) is 5.45. The highest BCUT2D eigenvalue weighted by Gasteiger charge is 2.21. The molecule has 1 unspecified atom stereocenters. The molecule has 0 spiro atoms. The Balaban J connectivity index is 2.46. The Kier molecular flexibility index (Phi) is 5.65. The van der Waals surface area contributed by atoms with Gasteiger partial charge in [0.25, 0.3) is 12.0 Å². The molecule has 2 aromatic heterocycles. The van der Waals surface area contributed by atoms with Crippen LogP contribution in [0.25, 0.3) is 22.3 Å². The van der Waals surface area contributed by atoms with Gasteiger partial charge < -0.3 is 0 Å². The van der Waals surface area contributed by atoms with Crippen LogP contribution in [0.4, 0.5) is 8.78 Å². The summed E-state index contributed by atoms with van der Waals surface area (Å²) in [7, 11) is 0. The Morgan fingerprint density at radius 1 is 1.26 bits per heavy atom. The van der Waals surface area contributed by atoms with E-state index in [1.807, 2.05) is 13.8 Å². The Morgan fingerprint density at radius 3 is 2.56 bits per heavy atom. The molecule has 0 amide bonds. The van der Waals surface area contributed by atoms with Gasteiger partial charge in [0.2, 0.25) is 0 Å². The van der Waals surface area contributed by atoms with Crippen LogP contribution in [0.2, 0.25) is 10.0 Å². The highest BCUT2D eigenvalue weighted by atomic mass is 35.5. The van der Waals surface area contributed by atoms with Crippen LogP contribution >= 0.6 is 35.4 Å². The summed E-state index contributed by atoms with van der Waals surface area (Å²) in [5.74, 6) is 0. The van der Waals surface area contributed by atoms with E-state index in [2.05, 4.69) is 9.97 Å². The molecule has 4 nitrogen and oxygen atoms in total. The highest BCUT2D eigenvalue weighted by Crippen LogP contribution is 2.33. The summed E-state index contributed by atoms with van der Waals surface area (Å²) in [5, 5.41) is 0.455. The molecule has 27 heavy (non-hydrogen) atoms. The second-order valence-electron chi connectivity index (χ2n) is 6.11. The Bertz CT molecular complexity index is 1140. The molecular formula is C18H15Cl2F2N3OS. The second kappa shape index (κ2) is 7.66. The van der Waals surface area contributed by atoms with Gasteiger partial charge in [-0.2, -0.15) is 0 Å². The summed E-state index contributed by atoms with van der Waals surface area (Å²) < 4.78 is 29.3. The molecular weight excluding hydrogens is 415 g/mol. The zero-order chi connectivity index (χ0) is 19.9. The maximum Gasteiger partial charge on any atom is 0.264 e. The zero-order valence-corrected chi connectivity index (χ0v) is 16.7. The lowest BCUT2D eigenvalue weighted by molar-refractivity contribution is 0.153. The van der Waals surface area contributed by atoms with Gasteiger partial charge in [0.1, 0.15) is 5.65 Å². The van der Waals surface area contributed by atoms with Crippen molar-refractivity contribution in [1.29, 1.82) is 0 Å². The standard InChI is InChI=1S/C18H15Cl2F2N3OS/c1-3-8(2)25-16-14(17(26)24-18(25)27)10(15(21)22)7-13(23-16)9-4-5-11(19)12(20)6-9/h4-8,15H,3H2,1-2H3,(H,24,26,27). The van der Waals surface area contributed by atoms with Crippen molar-refractivity contribution in [3.63, 3.8) is 0 Å². The van der Waals surface area contributed by atoms with Gasteiger partial charge in [-0.1, -0.05) is 36.2 Å². The van der Waals surface area contributed by atoms with Crippen molar-refractivity contribution in [2.45, 2.75) is 32.7 Å². The molecule has 1 aromatic carbocycles. The molecule has 0 aliphatic heterocycles. The van der Waals surface area contributed by atoms with E-state index in [4.69, 9.17) is 35.4 Å². The summed E-state index contributed by atoms with van der Waals surface area (Å²) in [6, 6.07) is 5.80. The third-order valence-electron chi connectivity index (χ3n) is 4.41. The maximum absolute atomic E-state index is 13.8. The number of alkyl halides is 2. The first-order valence-electron chi connectivity index (χ1n) is 8.17. The van der Waals surface area contributed by atoms with Crippen LogP contribution < -0.4 is 5.56 Å². The molecule has 0 saturated heterocycles. The van der Waals surface area contributed by atoms with Crippen molar-refractivity contribution >= 4 is 46.5 Å². The molecule has 3 rings (SSSR count). The molecule has 2 heterocycles. The quantitative estimate of drug-likeness (QED) is 0.492. The van der Waals surface area contributed by atoms with Gasteiger partial charge in [-0.3, -0.25) is 14.3 Å². The number of benzene rings is 1. The minimum absolute atomic E-state index is 0.122. The van der Waals surface area contributed by atoms with Crippen molar-refractivity contribution in [1.82, 2.24) is 14.5 Å². The number of hydrogen-bond donors (Lipinski definition) is 1. The molecule has 0 saturated carbocycles. The van der Waals surface area contributed by atoms with Crippen molar-refractivity contribution < 1.29 is 8.78 Å². The highest BCUT2D eigenvalue weighted by molar-refractivity contribution is 7.71. The van der Waals surface area contributed by atoms with E-state index in [1.165, 1.54) is 6.07 Å². The number of H-pyrrole nitrogens is 1. The topological polar surface area (TPSA) is 50.7 Å². The number of rotatable bonds is 4. The van der Waals surface area contributed by atoms with Gasteiger partial charge in [0.15, 0.2) is 4.77 Å². The number of halogens is 4. The minimum atomic E-state index is -2.86. The second-order valence-corrected chi connectivity index (χ2v) is 7.31. The fourth-order valence-electron chi connectivity index (χ4n) is 2.84. The summed E-state index contributed by atoms with van der Waals surface area (Å²) in [6.45, 7) is 3.81. The predicted molar refractivity (Wildman–Crippen MR) is 107 cm³/mol. The van der Waals surface area contributed by atoms with Crippen LogP contribution in [0, 0.1) is 4.77 Å². The molecule has 3 aromatic rings. The van der Waals surface area contributed by atoms with Crippen LogP contribution in [0.1, 0.15) is 38.3 Å². The third kappa shape index (κ3) is 3.63. The van der Waals surface area contributed by atoms with E-state index in [9.17, 15) is 13.6 Å². The Labute approximate surface area is 168 Å². The van der Waals surface area contributed by atoms with Gasteiger partial charge in [-0.05, 0) is 43.8 Å². The number of fused-ring (bicyclic) bond motifs is 1. The lowest BCUT2D eigenvalue weighted by Gasteiger charge is -2.18. The van der Waals surface area contributed by atoms with Gasteiger partial charge in [0, 0.05) is 17.2 Å². The monoisotopic (exact) mass is 429 g/mol.